The second-order valence-corrected chi connectivity index (χ2v) is 3.22. The first-order chi connectivity index (χ1) is 8.60. The standard InChI is InChI=1S/C13H17NO4/c1-3-8-14(9-4-2)10-5-11-18-13(17)7-6-12(15)16/h3-7,10H,1-2,8-9,11H2,(H,15,16). The average Bonchev–Trinajstić information content (AvgIpc) is 2.32. The normalized spacial score (nSPS) is 10.4. The van der Waals surface area contributed by atoms with Crippen LogP contribution in [0.25, 0.3) is 0 Å². The SMILES string of the molecule is C=CCN(C=CCOC(=O)C=CC(=O)O)CC=C. The zero-order valence-electron chi connectivity index (χ0n) is 10.1. The first kappa shape index (κ1) is 15.7. The topological polar surface area (TPSA) is 66.8 Å². The molecule has 0 aliphatic heterocycles. The summed E-state index contributed by atoms with van der Waals surface area (Å²) in [6, 6.07) is 0. The van der Waals surface area contributed by atoms with Gasteiger partial charge in [0.15, 0.2) is 0 Å². The van der Waals surface area contributed by atoms with Crippen LogP contribution in [0.2, 0.25) is 0 Å². The van der Waals surface area contributed by atoms with Gasteiger partial charge in [0.2, 0.25) is 0 Å². The van der Waals surface area contributed by atoms with E-state index in [1.54, 1.807) is 24.4 Å². The maximum atomic E-state index is 11.0. The Labute approximate surface area is 106 Å². The zero-order valence-corrected chi connectivity index (χ0v) is 10.1. The number of ether oxygens (including phenoxy) is 1. The van der Waals surface area contributed by atoms with Crippen LogP contribution in [-0.2, 0) is 14.3 Å². The Morgan fingerprint density at radius 3 is 2.28 bits per heavy atom. The van der Waals surface area contributed by atoms with Crippen molar-refractivity contribution < 1.29 is 19.4 Å². The summed E-state index contributed by atoms with van der Waals surface area (Å²) in [5.74, 6) is -1.88. The van der Waals surface area contributed by atoms with Gasteiger partial charge in [-0.2, -0.15) is 0 Å². The molecule has 0 aliphatic carbocycles. The van der Waals surface area contributed by atoms with Crippen molar-refractivity contribution in [2.24, 2.45) is 0 Å². The third kappa shape index (κ3) is 8.96. The largest absolute Gasteiger partial charge is 0.478 e. The molecule has 98 valence electrons. The molecule has 0 aromatic heterocycles. The van der Waals surface area contributed by atoms with Gasteiger partial charge in [0.25, 0.3) is 0 Å². The van der Waals surface area contributed by atoms with Crippen LogP contribution in [0.3, 0.4) is 0 Å². The van der Waals surface area contributed by atoms with Crippen LogP contribution < -0.4 is 0 Å². The van der Waals surface area contributed by atoms with Crippen LogP contribution in [0, 0.1) is 0 Å². The van der Waals surface area contributed by atoms with Crippen molar-refractivity contribution in [1.82, 2.24) is 4.90 Å². The highest BCUT2D eigenvalue weighted by Gasteiger charge is 1.96. The van der Waals surface area contributed by atoms with Gasteiger partial charge < -0.3 is 14.7 Å². The van der Waals surface area contributed by atoms with Gasteiger partial charge in [0.05, 0.1) is 0 Å². The van der Waals surface area contributed by atoms with E-state index in [4.69, 9.17) is 9.84 Å². The number of carbonyl (C=O) groups is 2. The molecule has 0 radical (unpaired) electrons. The van der Waals surface area contributed by atoms with Gasteiger partial charge >= 0.3 is 11.9 Å². The van der Waals surface area contributed by atoms with Crippen molar-refractivity contribution in [2.45, 2.75) is 0 Å². The van der Waals surface area contributed by atoms with Crippen molar-refractivity contribution in [3.8, 4) is 0 Å². The molecular weight excluding hydrogens is 234 g/mol. The Balaban J connectivity index is 4.00. The van der Waals surface area contributed by atoms with E-state index >= 15 is 0 Å². The van der Waals surface area contributed by atoms with E-state index in [1.807, 2.05) is 4.90 Å². The Bertz CT molecular complexity index is 348. The minimum atomic E-state index is -1.19. The lowest BCUT2D eigenvalue weighted by Crippen LogP contribution is -2.17. The summed E-state index contributed by atoms with van der Waals surface area (Å²) in [5.41, 5.74) is 0. The highest BCUT2D eigenvalue weighted by atomic mass is 16.5. The summed E-state index contributed by atoms with van der Waals surface area (Å²) in [6.07, 6.45) is 8.50. The van der Waals surface area contributed by atoms with Gasteiger partial charge in [-0.3, -0.25) is 0 Å². The highest BCUT2D eigenvalue weighted by molar-refractivity contribution is 5.90. The molecule has 0 atom stereocenters. The molecule has 0 amide bonds. The first-order valence-electron chi connectivity index (χ1n) is 5.30. The van der Waals surface area contributed by atoms with Crippen LogP contribution in [0.4, 0.5) is 0 Å². The molecule has 0 aromatic rings. The average molecular weight is 251 g/mol. The second kappa shape index (κ2) is 9.89. The lowest BCUT2D eigenvalue weighted by molar-refractivity contribution is -0.137. The van der Waals surface area contributed by atoms with Gasteiger partial charge in [-0.25, -0.2) is 9.59 Å². The Kier molecular flexibility index (Phi) is 8.63. The highest BCUT2D eigenvalue weighted by Crippen LogP contribution is 1.92. The predicted molar refractivity (Wildman–Crippen MR) is 68.8 cm³/mol. The number of carbonyl (C=O) groups excluding carboxylic acids is 1. The molecule has 0 saturated carbocycles. The maximum Gasteiger partial charge on any atom is 0.331 e. The molecule has 0 saturated heterocycles. The molecule has 1 N–H and O–H groups in total. The van der Waals surface area contributed by atoms with Gasteiger partial charge in [0.1, 0.15) is 6.61 Å². The summed E-state index contributed by atoms with van der Waals surface area (Å²) in [6.45, 7) is 8.64. The summed E-state index contributed by atoms with van der Waals surface area (Å²) in [5, 5.41) is 8.29. The Morgan fingerprint density at radius 2 is 1.78 bits per heavy atom. The number of aliphatic carboxylic acids is 1. The molecule has 0 aliphatic rings. The fraction of sp³-hybridized carbons (Fsp3) is 0.231. The van der Waals surface area contributed by atoms with Gasteiger partial charge in [0, 0.05) is 25.2 Å². The van der Waals surface area contributed by atoms with E-state index in [0.29, 0.717) is 13.1 Å². The van der Waals surface area contributed by atoms with Crippen LogP contribution >= 0.6 is 0 Å². The van der Waals surface area contributed by atoms with Crippen molar-refractivity contribution in [3.63, 3.8) is 0 Å². The molecular formula is C13H17NO4. The number of esters is 1. The molecule has 0 unspecified atom stereocenters. The summed E-state index contributed by atoms with van der Waals surface area (Å²) >= 11 is 0. The van der Waals surface area contributed by atoms with E-state index < -0.39 is 11.9 Å². The van der Waals surface area contributed by atoms with Crippen LogP contribution in [0.15, 0.2) is 49.7 Å². The second-order valence-electron chi connectivity index (χ2n) is 3.22. The molecule has 0 heterocycles. The quantitative estimate of drug-likeness (QED) is 0.381. The fourth-order valence-electron chi connectivity index (χ4n) is 1.04. The zero-order chi connectivity index (χ0) is 13.8. The smallest absolute Gasteiger partial charge is 0.331 e. The van der Waals surface area contributed by atoms with E-state index in [9.17, 15) is 9.59 Å². The first-order valence-corrected chi connectivity index (χ1v) is 5.30. The van der Waals surface area contributed by atoms with Crippen molar-refractivity contribution >= 4 is 11.9 Å². The molecule has 0 fully saturated rings. The van der Waals surface area contributed by atoms with Gasteiger partial charge in [-0.05, 0) is 12.3 Å². The van der Waals surface area contributed by atoms with E-state index in [1.165, 1.54) is 0 Å². The summed E-state index contributed by atoms with van der Waals surface area (Å²) < 4.78 is 4.74. The minimum Gasteiger partial charge on any atom is -0.478 e. The summed E-state index contributed by atoms with van der Waals surface area (Å²) in [4.78, 5) is 23.0. The van der Waals surface area contributed by atoms with Crippen LogP contribution in [0.1, 0.15) is 0 Å². The minimum absolute atomic E-state index is 0.0770. The molecule has 0 bridgehead atoms. The molecule has 5 heteroatoms. The van der Waals surface area contributed by atoms with Crippen LogP contribution in [0.5, 0.6) is 0 Å². The lowest BCUT2D eigenvalue weighted by Gasteiger charge is -2.15. The number of nitrogens with zero attached hydrogens (tertiary/aromatic N) is 1. The molecule has 0 spiro atoms. The third-order valence-corrected chi connectivity index (χ3v) is 1.73. The monoisotopic (exact) mass is 251 g/mol. The van der Waals surface area contributed by atoms with E-state index in [2.05, 4.69) is 13.2 Å². The number of hydrogen-bond acceptors (Lipinski definition) is 4. The third-order valence-electron chi connectivity index (χ3n) is 1.73. The van der Waals surface area contributed by atoms with Crippen molar-refractivity contribution in [1.29, 1.82) is 0 Å². The van der Waals surface area contributed by atoms with E-state index in [-0.39, 0.29) is 6.61 Å². The van der Waals surface area contributed by atoms with E-state index in [0.717, 1.165) is 12.2 Å². The number of hydrogen-bond donors (Lipinski definition) is 1. The van der Waals surface area contributed by atoms with Crippen molar-refractivity contribution in [2.75, 3.05) is 19.7 Å². The molecule has 5 nitrogen and oxygen atoms in total. The number of carboxylic acid groups (broad SMARTS) is 1. The Hall–Kier alpha value is -2.30. The predicted octanol–water partition coefficient (Wildman–Crippen LogP) is 1.36. The number of rotatable bonds is 9. The molecule has 18 heavy (non-hydrogen) atoms. The van der Waals surface area contributed by atoms with Gasteiger partial charge in [-0.1, -0.05) is 12.2 Å². The number of carboxylic acids is 1. The van der Waals surface area contributed by atoms with Gasteiger partial charge in [-0.15, -0.1) is 13.2 Å². The fourth-order valence-corrected chi connectivity index (χ4v) is 1.04. The maximum absolute atomic E-state index is 11.0. The van der Waals surface area contributed by atoms with Crippen LogP contribution in [-0.4, -0.2) is 41.6 Å². The summed E-state index contributed by atoms with van der Waals surface area (Å²) in [7, 11) is 0. The lowest BCUT2D eigenvalue weighted by atomic mass is 10.4. The van der Waals surface area contributed by atoms with Crippen molar-refractivity contribution in [3.05, 3.63) is 49.7 Å². The Morgan fingerprint density at radius 1 is 1.17 bits per heavy atom. The molecule has 0 rings (SSSR count). The molecule has 0 aromatic carbocycles.